The lowest BCUT2D eigenvalue weighted by molar-refractivity contribution is -0.0179. The van der Waals surface area contributed by atoms with Gasteiger partial charge >= 0.3 is 0 Å². The molecular weight excluding hydrogens is 358 g/mol. The first-order valence-corrected chi connectivity index (χ1v) is 10.2. The van der Waals surface area contributed by atoms with Crippen LogP contribution < -0.4 is 0 Å². The highest BCUT2D eigenvalue weighted by Crippen LogP contribution is 2.26. The fraction of sp³-hybridized carbons (Fsp3) is 0.688. The molecule has 1 atom stereocenters. The van der Waals surface area contributed by atoms with Gasteiger partial charge in [0, 0.05) is 31.7 Å². The summed E-state index contributed by atoms with van der Waals surface area (Å²) in [6.45, 7) is 9.39. The van der Waals surface area contributed by atoms with Gasteiger partial charge in [-0.15, -0.1) is 10.2 Å². The van der Waals surface area contributed by atoms with Gasteiger partial charge in [0.2, 0.25) is 11.8 Å². The van der Waals surface area contributed by atoms with Crippen molar-refractivity contribution < 1.29 is 17.6 Å². The summed E-state index contributed by atoms with van der Waals surface area (Å²) in [7, 11) is -3.70. The summed E-state index contributed by atoms with van der Waals surface area (Å²) in [6.07, 6.45) is 2.55. The van der Waals surface area contributed by atoms with E-state index in [-0.39, 0.29) is 30.6 Å². The van der Waals surface area contributed by atoms with E-state index in [1.165, 1.54) is 4.31 Å². The first kappa shape index (κ1) is 19.0. The van der Waals surface area contributed by atoms with E-state index in [4.69, 9.17) is 9.15 Å². The van der Waals surface area contributed by atoms with Crippen molar-refractivity contribution in [1.82, 2.24) is 24.1 Å². The summed E-state index contributed by atoms with van der Waals surface area (Å²) < 4.78 is 40.2. The molecule has 0 radical (unpaired) electrons. The Labute approximate surface area is 153 Å². The van der Waals surface area contributed by atoms with Crippen molar-refractivity contribution in [2.45, 2.75) is 51.3 Å². The largest absolute Gasteiger partial charge is 0.422 e. The van der Waals surface area contributed by atoms with Crippen LogP contribution in [0.1, 0.15) is 51.5 Å². The van der Waals surface area contributed by atoms with E-state index in [2.05, 4.69) is 29.0 Å². The fourth-order valence-electron chi connectivity index (χ4n) is 2.73. The molecule has 3 heterocycles. The van der Waals surface area contributed by atoms with Crippen molar-refractivity contribution in [3.05, 3.63) is 24.3 Å². The van der Waals surface area contributed by atoms with E-state index >= 15 is 0 Å². The van der Waals surface area contributed by atoms with Crippen LogP contribution in [0.25, 0.3) is 0 Å². The van der Waals surface area contributed by atoms with Crippen LogP contribution in [0.15, 0.2) is 22.0 Å². The van der Waals surface area contributed by atoms with Gasteiger partial charge in [0.05, 0.1) is 12.9 Å². The zero-order valence-electron chi connectivity index (χ0n) is 15.5. The Hall–Kier alpha value is -1.78. The van der Waals surface area contributed by atoms with Crippen molar-refractivity contribution in [1.29, 1.82) is 0 Å². The smallest absolute Gasteiger partial charge is 0.262 e. The molecule has 1 aliphatic heterocycles. The van der Waals surface area contributed by atoms with Crippen LogP contribution in [-0.2, 0) is 21.3 Å². The number of morpholine rings is 1. The zero-order chi connectivity index (χ0) is 18.9. The highest BCUT2D eigenvalue weighted by molar-refractivity contribution is 7.89. The minimum Gasteiger partial charge on any atom is -0.422 e. The second-order valence-electron chi connectivity index (χ2n) is 7.16. The monoisotopic (exact) mass is 383 g/mol. The van der Waals surface area contributed by atoms with Crippen molar-refractivity contribution in [3.63, 3.8) is 0 Å². The molecule has 0 N–H and O–H groups in total. The summed E-state index contributed by atoms with van der Waals surface area (Å²) in [5.41, 5.74) is 0. The highest BCUT2D eigenvalue weighted by atomic mass is 32.2. The molecule has 0 aliphatic carbocycles. The molecule has 144 valence electrons. The van der Waals surface area contributed by atoms with Gasteiger partial charge in [-0.1, -0.05) is 27.7 Å². The molecule has 2 aromatic rings. The molecule has 26 heavy (non-hydrogen) atoms. The van der Waals surface area contributed by atoms with Gasteiger partial charge in [0.1, 0.15) is 6.10 Å². The minimum atomic E-state index is -3.70. The van der Waals surface area contributed by atoms with Crippen LogP contribution >= 0.6 is 0 Å². The molecular formula is C16H25N5O4S. The van der Waals surface area contributed by atoms with Gasteiger partial charge in [-0.2, -0.15) is 4.31 Å². The number of nitrogens with zero attached hydrogens (tertiary/aromatic N) is 5. The lowest BCUT2D eigenvalue weighted by Gasteiger charge is -2.29. The Morgan fingerprint density at radius 2 is 2.04 bits per heavy atom. The molecule has 0 spiro atoms. The van der Waals surface area contributed by atoms with Gasteiger partial charge < -0.3 is 13.7 Å². The Morgan fingerprint density at radius 1 is 1.27 bits per heavy atom. The SMILES string of the molecule is CC(C)Cn1cnc(S(=O)(=O)N2CCO[C@@H](c3nnc(C(C)C)o3)C2)c1. The summed E-state index contributed by atoms with van der Waals surface area (Å²) in [6, 6.07) is 0. The average molecular weight is 383 g/mol. The van der Waals surface area contributed by atoms with Gasteiger partial charge in [0.25, 0.3) is 10.0 Å². The van der Waals surface area contributed by atoms with Crippen LogP contribution in [-0.4, -0.2) is 52.2 Å². The number of rotatable bonds is 6. The summed E-state index contributed by atoms with van der Waals surface area (Å²) >= 11 is 0. The van der Waals surface area contributed by atoms with Crippen LogP contribution in [0.4, 0.5) is 0 Å². The van der Waals surface area contributed by atoms with E-state index in [0.29, 0.717) is 24.2 Å². The maximum atomic E-state index is 12.9. The molecule has 10 heteroatoms. The van der Waals surface area contributed by atoms with Crippen molar-refractivity contribution in [3.8, 4) is 0 Å². The van der Waals surface area contributed by atoms with E-state index in [0.717, 1.165) is 0 Å². The summed E-state index contributed by atoms with van der Waals surface area (Å²) in [5.74, 6) is 1.32. The van der Waals surface area contributed by atoms with Gasteiger partial charge in [0.15, 0.2) is 5.03 Å². The predicted molar refractivity (Wildman–Crippen MR) is 92.9 cm³/mol. The van der Waals surface area contributed by atoms with Crippen LogP contribution in [0.5, 0.6) is 0 Å². The molecule has 0 saturated carbocycles. The van der Waals surface area contributed by atoms with Crippen molar-refractivity contribution in [2.24, 2.45) is 5.92 Å². The molecule has 9 nitrogen and oxygen atoms in total. The first-order valence-electron chi connectivity index (χ1n) is 8.74. The molecule has 1 fully saturated rings. The van der Waals surface area contributed by atoms with Crippen molar-refractivity contribution in [2.75, 3.05) is 19.7 Å². The molecule has 0 bridgehead atoms. The van der Waals surface area contributed by atoms with Gasteiger partial charge in [-0.3, -0.25) is 0 Å². The van der Waals surface area contributed by atoms with E-state index in [9.17, 15) is 8.42 Å². The number of imidazole rings is 1. The summed E-state index contributed by atoms with van der Waals surface area (Å²) in [4.78, 5) is 4.08. The number of ether oxygens (including phenoxy) is 1. The predicted octanol–water partition coefficient (Wildman–Crippen LogP) is 1.81. The average Bonchev–Trinajstić information content (AvgIpc) is 3.24. The van der Waals surface area contributed by atoms with E-state index in [1.807, 2.05) is 13.8 Å². The highest BCUT2D eigenvalue weighted by Gasteiger charge is 2.35. The molecule has 3 rings (SSSR count). The number of hydrogen-bond donors (Lipinski definition) is 0. The molecule has 1 saturated heterocycles. The van der Waals surface area contributed by atoms with E-state index in [1.54, 1.807) is 17.1 Å². The van der Waals surface area contributed by atoms with Gasteiger partial charge in [-0.25, -0.2) is 13.4 Å². The molecule has 1 aliphatic rings. The number of hydrogen-bond acceptors (Lipinski definition) is 7. The number of sulfonamides is 1. The maximum absolute atomic E-state index is 12.9. The van der Waals surface area contributed by atoms with Gasteiger partial charge in [-0.05, 0) is 5.92 Å². The second kappa shape index (κ2) is 7.45. The molecule has 2 aromatic heterocycles. The van der Waals surface area contributed by atoms with Crippen molar-refractivity contribution >= 4 is 10.0 Å². The second-order valence-corrected chi connectivity index (χ2v) is 9.04. The fourth-order valence-corrected chi connectivity index (χ4v) is 4.09. The molecule has 0 amide bonds. The standard InChI is InChI=1S/C16H25N5O4S/c1-11(2)7-20-9-14(17-10-20)26(22,23)21-5-6-24-13(8-21)16-19-18-15(25-16)12(3)4/h9-13H,5-8H2,1-4H3/t13-/m1/s1. The zero-order valence-corrected chi connectivity index (χ0v) is 16.3. The quantitative estimate of drug-likeness (QED) is 0.749. The third kappa shape index (κ3) is 3.97. The maximum Gasteiger partial charge on any atom is 0.262 e. The Balaban J connectivity index is 1.76. The molecule has 0 aromatic carbocycles. The Kier molecular flexibility index (Phi) is 5.44. The first-order chi connectivity index (χ1) is 12.3. The molecule has 0 unspecified atom stereocenters. The topological polar surface area (TPSA) is 103 Å². The third-order valence-corrected chi connectivity index (χ3v) is 5.80. The lowest BCUT2D eigenvalue weighted by Crippen LogP contribution is -2.42. The normalized spacial score (nSPS) is 19.5. The Morgan fingerprint density at radius 3 is 2.69 bits per heavy atom. The van der Waals surface area contributed by atoms with Crippen LogP contribution in [0.2, 0.25) is 0 Å². The summed E-state index contributed by atoms with van der Waals surface area (Å²) in [5, 5.41) is 8.04. The van der Waals surface area contributed by atoms with E-state index < -0.39 is 16.1 Å². The minimum absolute atomic E-state index is 0.0483. The lowest BCUT2D eigenvalue weighted by atomic mass is 10.2. The van der Waals surface area contributed by atoms with Crippen LogP contribution in [0.3, 0.4) is 0 Å². The van der Waals surface area contributed by atoms with Crippen LogP contribution in [0, 0.1) is 5.92 Å². The third-order valence-electron chi connectivity index (χ3n) is 4.04. The Bertz CT molecular complexity index is 842. The number of aromatic nitrogens is 4.